The van der Waals surface area contributed by atoms with Crippen molar-refractivity contribution >= 4 is 5.96 Å². The summed E-state index contributed by atoms with van der Waals surface area (Å²) in [5.74, 6) is 0.779. The van der Waals surface area contributed by atoms with Crippen molar-refractivity contribution in [3.8, 4) is 0 Å². The third-order valence-corrected chi connectivity index (χ3v) is 4.23. The molecule has 0 radical (unpaired) electrons. The van der Waals surface area contributed by atoms with Gasteiger partial charge in [-0.25, -0.2) is 0 Å². The Morgan fingerprint density at radius 2 is 2.00 bits per heavy atom. The maximum Gasteiger partial charge on any atom is 0.191 e. The molecular weight excluding hydrogens is 222 g/mol. The summed E-state index contributed by atoms with van der Waals surface area (Å²) in [4.78, 5) is 6.78. The van der Waals surface area contributed by atoms with Gasteiger partial charge in [0.1, 0.15) is 0 Å². The minimum atomic E-state index is 0.597. The first kappa shape index (κ1) is 11.6. The molecule has 3 nitrogen and oxygen atoms in total. The standard InChI is InChI=1S/C15H21N3/c16-15-17-11-10-14-9-8-13(18(14)15)7-6-12-4-2-1-3-5-12/h1-5,13-14H,6-11H2,(H2,16,17)/t13-,14+/m0/s1. The maximum atomic E-state index is 6.06. The van der Waals surface area contributed by atoms with Gasteiger partial charge in [-0.2, -0.15) is 0 Å². The van der Waals surface area contributed by atoms with Gasteiger partial charge in [-0.3, -0.25) is 4.99 Å². The first-order chi connectivity index (χ1) is 8.84. The molecule has 2 heterocycles. The van der Waals surface area contributed by atoms with Crippen molar-refractivity contribution in [2.75, 3.05) is 6.54 Å². The second kappa shape index (κ2) is 5.01. The zero-order chi connectivity index (χ0) is 12.4. The molecule has 2 atom stereocenters. The third kappa shape index (κ3) is 2.22. The van der Waals surface area contributed by atoms with Crippen LogP contribution >= 0.6 is 0 Å². The highest BCUT2D eigenvalue weighted by atomic mass is 15.3. The van der Waals surface area contributed by atoms with Gasteiger partial charge in [0.25, 0.3) is 0 Å². The number of benzene rings is 1. The zero-order valence-electron chi connectivity index (χ0n) is 10.8. The number of aryl methyl sites for hydroxylation is 1. The molecule has 0 spiro atoms. The molecule has 1 aromatic carbocycles. The Kier molecular flexibility index (Phi) is 3.22. The summed E-state index contributed by atoms with van der Waals surface area (Å²) in [6, 6.07) is 12.0. The fraction of sp³-hybridized carbons (Fsp3) is 0.533. The predicted octanol–water partition coefficient (Wildman–Crippen LogP) is 2.17. The summed E-state index contributed by atoms with van der Waals surface area (Å²) in [5.41, 5.74) is 7.48. The van der Waals surface area contributed by atoms with Crippen molar-refractivity contribution in [2.24, 2.45) is 10.7 Å². The molecular formula is C15H21N3. The lowest BCUT2D eigenvalue weighted by atomic mass is 10.0. The normalized spacial score (nSPS) is 26.9. The predicted molar refractivity (Wildman–Crippen MR) is 74.5 cm³/mol. The summed E-state index contributed by atoms with van der Waals surface area (Å²) < 4.78 is 0. The van der Waals surface area contributed by atoms with E-state index < -0.39 is 0 Å². The number of fused-ring (bicyclic) bond motifs is 1. The van der Waals surface area contributed by atoms with E-state index in [2.05, 4.69) is 40.2 Å². The molecule has 1 saturated heterocycles. The van der Waals surface area contributed by atoms with Gasteiger partial charge >= 0.3 is 0 Å². The molecule has 2 aliphatic rings. The average Bonchev–Trinajstić information content (AvgIpc) is 2.82. The van der Waals surface area contributed by atoms with Crippen LogP contribution in [0.5, 0.6) is 0 Å². The van der Waals surface area contributed by atoms with E-state index in [1.807, 2.05) is 0 Å². The SMILES string of the molecule is NC1=NCC[C@H]2CC[C@H](CCc3ccccc3)N12. The first-order valence-electron chi connectivity index (χ1n) is 6.97. The Balaban J connectivity index is 1.63. The van der Waals surface area contributed by atoms with Crippen LogP contribution in [0.25, 0.3) is 0 Å². The molecule has 2 N–H and O–H groups in total. The molecule has 96 valence electrons. The second-order valence-electron chi connectivity index (χ2n) is 5.35. The molecule has 1 fully saturated rings. The molecule has 0 unspecified atom stereocenters. The van der Waals surface area contributed by atoms with Crippen LogP contribution in [0.3, 0.4) is 0 Å². The second-order valence-corrected chi connectivity index (χ2v) is 5.35. The number of hydrogen-bond donors (Lipinski definition) is 1. The van der Waals surface area contributed by atoms with Crippen LogP contribution in [0.4, 0.5) is 0 Å². The number of rotatable bonds is 3. The molecule has 0 bridgehead atoms. The van der Waals surface area contributed by atoms with E-state index in [1.54, 1.807) is 0 Å². The molecule has 3 rings (SSSR count). The van der Waals surface area contributed by atoms with Gasteiger partial charge in [-0.15, -0.1) is 0 Å². The highest BCUT2D eigenvalue weighted by Crippen LogP contribution is 2.30. The van der Waals surface area contributed by atoms with Crippen LogP contribution in [0.2, 0.25) is 0 Å². The Morgan fingerprint density at radius 1 is 1.17 bits per heavy atom. The zero-order valence-corrected chi connectivity index (χ0v) is 10.8. The minimum absolute atomic E-state index is 0.597. The summed E-state index contributed by atoms with van der Waals surface area (Å²) in [7, 11) is 0. The minimum Gasteiger partial charge on any atom is -0.370 e. The number of nitrogens with zero attached hydrogens (tertiary/aromatic N) is 2. The Bertz CT molecular complexity index is 427. The van der Waals surface area contributed by atoms with Crippen LogP contribution < -0.4 is 5.73 Å². The first-order valence-corrected chi connectivity index (χ1v) is 6.97. The van der Waals surface area contributed by atoms with Crippen molar-refractivity contribution in [1.82, 2.24) is 4.90 Å². The van der Waals surface area contributed by atoms with E-state index in [0.717, 1.165) is 18.9 Å². The van der Waals surface area contributed by atoms with Gasteiger partial charge in [0.2, 0.25) is 0 Å². The monoisotopic (exact) mass is 243 g/mol. The fourth-order valence-electron chi connectivity index (χ4n) is 3.29. The highest BCUT2D eigenvalue weighted by Gasteiger charge is 2.35. The Hall–Kier alpha value is -1.51. The van der Waals surface area contributed by atoms with Gasteiger partial charge in [-0.1, -0.05) is 30.3 Å². The van der Waals surface area contributed by atoms with Gasteiger partial charge in [0, 0.05) is 18.6 Å². The van der Waals surface area contributed by atoms with Crippen molar-refractivity contribution in [3.63, 3.8) is 0 Å². The summed E-state index contributed by atoms with van der Waals surface area (Å²) in [6.07, 6.45) is 6.07. The van der Waals surface area contributed by atoms with E-state index >= 15 is 0 Å². The van der Waals surface area contributed by atoms with Crippen LogP contribution in [-0.2, 0) is 6.42 Å². The Labute approximate surface area is 109 Å². The summed E-state index contributed by atoms with van der Waals surface area (Å²) in [5, 5.41) is 0. The average molecular weight is 243 g/mol. The topological polar surface area (TPSA) is 41.6 Å². The molecule has 0 saturated carbocycles. The lowest BCUT2D eigenvalue weighted by Crippen LogP contribution is -2.48. The van der Waals surface area contributed by atoms with Gasteiger partial charge in [0.15, 0.2) is 5.96 Å². The molecule has 0 amide bonds. The maximum absolute atomic E-state index is 6.06. The van der Waals surface area contributed by atoms with E-state index in [-0.39, 0.29) is 0 Å². The number of aliphatic imine (C=N–C) groups is 1. The lowest BCUT2D eigenvalue weighted by Gasteiger charge is -2.34. The Morgan fingerprint density at radius 3 is 2.83 bits per heavy atom. The molecule has 2 aliphatic heterocycles. The molecule has 3 heteroatoms. The fourth-order valence-corrected chi connectivity index (χ4v) is 3.29. The lowest BCUT2D eigenvalue weighted by molar-refractivity contribution is 0.275. The van der Waals surface area contributed by atoms with Crippen LogP contribution in [-0.4, -0.2) is 29.5 Å². The van der Waals surface area contributed by atoms with Crippen LogP contribution in [0, 0.1) is 0 Å². The number of nitrogens with two attached hydrogens (primary N) is 1. The smallest absolute Gasteiger partial charge is 0.191 e. The summed E-state index contributed by atoms with van der Waals surface area (Å²) in [6.45, 7) is 0.915. The van der Waals surface area contributed by atoms with Gasteiger partial charge in [-0.05, 0) is 37.7 Å². The van der Waals surface area contributed by atoms with Gasteiger partial charge < -0.3 is 10.6 Å². The molecule has 1 aromatic rings. The third-order valence-electron chi connectivity index (χ3n) is 4.23. The van der Waals surface area contributed by atoms with Crippen molar-refractivity contribution in [3.05, 3.63) is 35.9 Å². The van der Waals surface area contributed by atoms with E-state index in [1.165, 1.54) is 31.2 Å². The number of hydrogen-bond acceptors (Lipinski definition) is 3. The van der Waals surface area contributed by atoms with Crippen molar-refractivity contribution in [1.29, 1.82) is 0 Å². The largest absolute Gasteiger partial charge is 0.370 e. The molecule has 18 heavy (non-hydrogen) atoms. The van der Waals surface area contributed by atoms with E-state index in [4.69, 9.17) is 5.73 Å². The van der Waals surface area contributed by atoms with Crippen molar-refractivity contribution in [2.45, 2.75) is 44.2 Å². The van der Waals surface area contributed by atoms with Crippen LogP contribution in [0.15, 0.2) is 35.3 Å². The van der Waals surface area contributed by atoms with E-state index in [9.17, 15) is 0 Å². The van der Waals surface area contributed by atoms with Crippen LogP contribution in [0.1, 0.15) is 31.2 Å². The molecule has 0 aromatic heterocycles. The van der Waals surface area contributed by atoms with E-state index in [0.29, 0.717) is 12.1 Å². The summed E-state index contributed by atoms with van der Waals surface area (Å²) >= 11 is 0. The molecule has 0 aliphatic carbocycles. The number of guanidine groups is 1. The quantitative estimate of drug-likeness (QED) is 0.884. The van der Waals surface area contributed by atoms with Gasteiger partial charge in [0.05, 0.1) is 0 Å². The van der Waals surface area contributed by atoms with Crippen molar-refractivity contribution < 1.29 is 0 Å². The highest BCUT2D eigenvalue weighted by molar-refractivity contribution is 5.79.